The zero-order chi connectivity index (χ0) is 26.3. The van der Waals surface area contributed by atoms with Crippen LogP contribution in [0.15, 0.2) is 42.4 Å². The summed E-state index contributed by atoms with van der Waals surface area (Å²) in [6, 6.07) is 3.48. The Bertz CT molecular complexity index is 1050. The third kappa shape index (κ3) is 4.53. The fraction of sp³-hybridized carbons (Fsp3) is 0.577. The molecule has 10 heteroatoms. The quantitative estimate of drug-likeness (QED) is 0.245. The van der Waals surface area contributed by atoms with Crippen molar-refractivity contribution < 1.29 is 29.0 Å². The third-order valence-electron chi connectivity index (χ3n) is 7.29. The van der Waals surface area contributed by atoms with E-state index >= 15 is 0 Å². The lowest BCUT2D eigenvalue weighted by atomic mass is 9.98. The van der Waals surface area contributed by atoms with Gasteiger partial charge < -0.3 is 14.6 Å². The van der Waals surface area contributed by atoms with Crippen molar-refractivity contribution in [2.45, 2.75) is 67.9 Å². The van der Waals surface area contributed by atoms with Gasteiger partial charge >= 0.3 is 5.97 Å². The SMILES string of the molecule is C1CC2CC2C1.C=CC(C)(C)OC(=O)C1(CO)C=CN2C(=O)C(OC)(N(C(C)=O)c3cccs3)[C@H]2S1. The Morgan fingerprint density at radius 2 is 2.06 bits per heavy atom. The van der Waals surface area contributed by atoms with Crippen molar-refractivity contribution in [2.75, 3.05) is 18.6 Å². The van der Waals surface area contributed by atoms with Gasteiger partial charge in [-0.25, -0.2) is 0 Å². The number of nitrogens with zero attached hydrogens (tertiary/aromatic N) is 2. The molecule has 1 N–H and O–H groups in total. The molecule has 36 heavy (non-hydrogen) atoms. The van der Waals surface area contributed by atoms with Gasteiger partial charge in [0.2, 0.25) is 5.91 Å². The molecule has 2 amide bonds. The zero-order valence-corrected chi connectivity index (χ0v) is 22.8. The molecule has 0 spiro atoms. The minimum Gasteiger partial charge on any atom is -0.454 e. The number of fused-ring (bicyclic) bond motifs is 2. The highest BCUT2D eigenvalue weighted by atomic mass is 32.2. The summed E-state index contributed by atoms with van der Waals surface area (Å²) in [4.78, 5) is 41.3. The van der Waals surface area contributed by atoms with E-state index in [1.807, 2.05) is 0 Å². The number of carbonyl (C=O) groups is 3. The maximum atomic E-state index is 13.1. The van der Waals surface area contributed by atoms with Gasteiger partial charge in [0.25, 0.3) is 11.6 Å². The number of thiophene rings is 1. The highest BCUT2D eigenvalue weighted by Gasteiger charge is 2.70. The van der Waals surface area contributed by atoms with Crippen LogP contribution >= 0.6 is 23.1 Å². The molecular weight excluding hydrogens is 500 g/mol. The average molecular weight is 535 g/mol. The number of methoxy groups -OCH3 is 1. The predicted octanol–water partition coefficient (Wildman–Crippen LogP) is 3.92. The summed E-state index contributed by atoms with van der Waals surface area (Å²) < 4.78 is 9.72. The van der Waals surface area contributed by atoms with Crippen LogP contribution in [0.5, 0.6) is 0 Å². The molecule has 2 saturated carbocycles. The van der Waals surface area contributed by atoms with Crippen LogP contribution in [0.4, 0.5) is 5.00 Å². The van der Waals surface area contributed by atoms with Crippen LogP contribution in [0.1, 0.15) is 46.5 Å². The highest BCUT2D eigenvalue weighted by molar-refractivity contribution is 8.02. The predicted molar refractivity (Wildman–Crippen MR) is 140 cm³/mol. The third-order valence-corrected chi connectivity index (χ3v) is 9.76. The zero-order valence-electron chi connectivity index (χ0n) is 21.1. The first-order chi connectivity index (χ1) is 17.0. The number of β-lactam (4-membered cyclic amide) rings is 1. The van der Waals surface area contributed by atoms with Crippen molar-refractivity contribution in [2.24, 2.45) is 11.8 Å². The van der Waals surface area contributed by atoms with Crippen molar-refractivity contribution in [3.8, 4) is 0 Å². The monoisotopic (exact) mass is 534 g/mol. The van der Waals surface area contributed by atoms with Gasteiger partial charge in [0, 0.05) is 20.2 Å². The fourth-order valence-electron chi connectivity index (χ4n) is 4.97. The summed E-state index contributed by atoms with van der Waals surface area (Å²) in [5.74, 6) is 0.932. The van der Waals surface area contributed by atoms with Crippen molar-refractivity contribution in [3.63, 3.8) is 0 Å². The minimum atomic E-state index is -1.65. The molecule has 196 valence electrons. The lowest BCUT2D eigenvalue weighted by Crippen LogP contribution is -2.81. The van der Waals surface area contributed by atoms with Crippen molar-refractivity contribution in [1.29, 1.82) is 0 Å². The van der Waals surface area contributed by atoms with Gasteiger partial charge in [-0.3, -0.25) is 24.2 Å². The van der Waals surface area contributed by atoms with Crippen LogP contribution < -0.4 is 4.90 Å². The van der Waals surface area contributed by atoms with Crippen LogP contribution in [-0.4, -0.2) is 63.0 Å². The number of amides is 2. The summed E-state index contributed by atoms with van der Waals surface area (Å²) >= 11 is 2.30. The number of hydrogen-bond acceptors (Lipinski definition) is 8. The number of carbonyl (C=O) groups excluding carboxylic acids is 3. The van der Waals surface area contributed by atoms with E-state index in [0.29, 0.717) is 5.00 Å². The number of aliphatic hydroxyl groups excluding tert-OH is 1. The molecule has 0 radical (unpaired) electrons. The topological polar surface area (TPSA) is 96.4 Å². The molecule has 8 nitrogen and oxygen atoms in total. The van der Waals surface area contributed by atoms with E-state index in [-0.39, 0.29) is 5.91 Å². The van der Waals surface area contributed by atoms with Crippen molar-refractivity contribution in [3.05, 3.63) is 42.4 Å². The maximum absolute atomic E-state index is 13.1. The largest absolute Gasteiger partial charge is 0.454 e. The summed E-state index contributed by atoms with van der Waals surface area (Å²) in [5, 5.41) is 11.7. The average Bonchev–Trinajstić information content (AvgIpc) is 3.21. The van der Waals surface area contributed by atoms with E-state index in [4.69, 9.17) is 9.47 Å². The molecule has 4 aliphatic rings. The standard InChI is InChI=1S/C20H24N2O6S2.C6H10/c1-6-18(3,4)28-17(26)19(12-23)9-10-21-15(25)20(27-5,16(21)30-19)22(13(2)24)14-8-7-11-29-14;1-2-5-4-6(5)3-1/h6-11,16,23H,1,12H2,2-5H3;5-6H,1-4H2/t16-,19?,20?;/m1./s1. The van der Waals surface area contributed by atoms with Crippen molar-refractivity contribution >= 4 is 45.9 Å². The van der Waals surface area contributed by atoms with Crippen LogP contribution in [0, 0.1) is 11.8 Å². The van der Waals surface area contributed by atoms with Crippen LogP contribution in [0.2, 0.25) is 0 Å². The van der Waals surface area contributed by atoms with E-state index in [1.165, 1.54) is 71.8 Å². The summed E-state index contributed by atoms with van der Waals surface area (Å²) in [7, 11) is 1.34. The van der Waals surface area contributed by atoms with Gasteiger partial charge in [0.1, 0.15) is 16.0 Å². The van der Waals surface area contributed by atoms with Gasteiger partial charge in [0.15, 0.2) is 4.75 Å². The number of thioether (sulfide) groups is 1. The number of esters is 1. The second-order valence-electron chi connectivity index (χ2n) is 10.1. The molecule has 0 bridgehead atoms. The number of rotatable bonds is 7. The molecule has 2 aliphatic carbocycles. The molecule has 3 heterocycles. The van der Waals surface area contributed by atoms with Gasteiger partial charge in [0.05, 0.1) is 6.61 Å². The van der Waals surface area contributed by atoms with Gasteiger partial charge in [-0.15, -0.1) is 23.1 Å². The van der Waals surface area contributed by atoms with E-state index in [1.54, 1.807) is 50.6 Å². The van der Waals surface area contributed by atoms with E-state index in [2.05, 4.69) is 6.58 Å². The second kappa shape index (κ2) is 9.96. The lowest BCUT2D eigenvalue weighted by Gasteiger charge is -2.59. The van der Waals surface area contributed by atoms with Gasteiger partial charge in [-0.05, 0) is 61.8 Å². The van der Waals surface area contributed by atoms with E-state index < -0.39 is 39.9 Å². The number of hydrogen-bond donors (Lipinski definition) is 1. The Kier molecular flexibility index (Phi) is 7.45. The summed E-state index contributed by atoms with van der Waals surface area (Å²) in [5.41, 5.74) is -2.60. The van der Waals surface area contributed by atoms with Crippen molar-refractivity contribution in [1.82, 2.24) is 4.90 Å². The number of anilines is 1. The normalized spacial score (nSPS) is 31.9. The summed E-state index contributed by atoms with van der Waals surface area (Å²) in [6.45, 7) is 7.79. The first kappa shape index (κ1) is 26.9. The molecule has 0 aromatic carbocycles. The van der Waals surface area contributed by atoms with Gasteiger partial charge in [-0.1, -0.05) is 25.8 Å². The second-order valence-corrected chi connectivity index (χ2v) is 12.5. The van der Waals surface area contributed by atoms with E-state index in [9.17, 15) is 19.5 Å². The first-order valence-electron chi connectivity index (χ1n) is 12.1. The number of ether oxygens (including phenoxy) is 2. The molecule has 1 saturated heterocycles. The molecule has 2 aliphatic heterocycles. The fourth-order valence-corrected chi connectivity index (χ4v) is 7.29. The Labute approximate surface area is 220 Å². The van der Waals surface area contributed by atoms with Crippen LogP contribution in [0.3, 0.4) is 0 Å². The highest BCUT2D eigenvalue weighted by Crippen LogP contribution is 2.53. The molecule has 3 fully saturated rings. The Balaban J connectivity index is 0.000000434. The molecule has 1 aromatic heterocycles. The van der Waals surface area contributed by atoms with Gasteiger partial charge in [-0.2, -0.15) is 0 Å². The lowest BCUT2D eigenvalue weighted by molar-refractivity contribution is -0.182. The summed E-state index contributed by atoms with van der Waals surface area (Å²) in [6.07, 6.45) is 10.6. The number of aliphatic hydroxyl groups is 1. The molecule has 1 aromatic rings. The maximum Gasteiger partial charge on any atom is 0.329 e. The molecule has 5 rings (SSSR count). The minimum absolute atomic E-state index is 0.382. The van der Waals surface area contributed by atoms with Crippen LogP contribution in [-0.2, 0) is 23.9 Å². The Morgan fingerprint density at radius 3 is 2.50 bits per heavy atom. The first-order valence-corrected chi connectivity index (χ1v) is 13.9. The molecular formula is C26H34N2O6S2. The smallest absolute Gasteiger partial charge is 0.329 e. The Hall–Kier alpha value is -2.14. The van der Waals surface area contributed by atoms with Crippen LogP contribution in [0.25, 0.3) is 0 Å². The Morgan fingerprint density at radius 1 is 1.36 bits per heavy atom. The molecule has 4 unspecified atom stereocenters. The van der Waals surface area contributed by atoms with E-state index in [0.717, 1.165) is 11.8 Å². The molecule has 5 atom stereocenters.